The van der Waals surface area contributed by atoms with Gasteiger partial charge in [-0.2, -0.15) is 0 Å². The fraction of sp³-hybridized carbons (Fsp3) is 0.105. The number of benzene rings is 2. The van der Waals surface area contributed by atoms with Gasteiger partial charge < -0.3 is 15.7 Å². The van der Waals surface area contributed by atoms with E-state index in [1.165, 1.54) is 24.4 Å². The van der Waals surface area contributed by atoms with E-state index in [4.69, 9.17) is 5.11 Å². The Morgan fingerprint density at radius 3 is 2.50 bits per heavy atom. The quantitative estimate of drug-likeness (QED) is 0.603. The van der Waals surface area contributed by atoms with Crippen LogP contribution >= 0.6 is 0 Å². The number of anilines is 2. The van der Waals surface area contributed by atoms with Crippen LogP contribution in [0, 0.1) is 17.5 Å². The number of rotatable bonds is 6. The lowest BCUT2D eigenvalue weighted by Crippen LogP contribution is -2.26. The Hall–Kier alpha value is -3.62. The van der Waals surface area contributed by atoms with Gasteiger partial charge in [0.05, 0.1) is 0 Å². The summed E-state index contributed by atoms with van der Waals surface area (Å²) in [5.41, 5.74) is 0.754. The maximum Gasteiger partial charge on any atom is 0.270 e. The number of aromatic hydroxyl groups is 1. The van der Waals surface area contributed by atoms with Crippen LogP contribution in [0.1, 0.15) is 16.1 Å². The van der Waals surface area contributed by atoms with Crippen molar-refractivity contribution < 1.29 is 23.1 Å². The molecular formula is C19H15F3N4O2. The van der Waals surface area contributed by atoms with Gasteiger partial charge in [-0.05, 0) is 42.3 Å². The molecule has 6 nitrogen and oxygen atoms in total. The molecule has 1 amide bonds. The molecule has 3 aromatic rings. The topological polar surface area (TPSA) is 87.1 Å². The van der Waals surface area contributed by atoms with Crippen LogP contribution in [0.15, 0.2) is 48.7 Å². The Morgan fingerprint density at radius 2 is 1.79 bits per heavy atom. The van der Waals surface area contributed by atoms with Crippen molar-refractivity contribution in [2.45, 2.75) is 6.42 Å². The maximum atomic E-state index is 13.3. The fourth-order valence-electron chi connectivity index (χ4n) is 2.42. The summed E-state index contributed by atoms with van der Waals surface area (Å²) in [6.07, 6.45) is 1.68. The van der Waals surface area contributed by atoms with Crippen LogP contribution in [0.25, 0.3) is 0 Å². The van der Waals surface area contributed by atoms with E-state index in [1.807, 2.05) is 0 Å². The third-order valence-electron chi connectivity index (χ3n) is 3.72. The summed E-state index contributed by atoms with van der Waals surface area (Å²) in [6.45, 7) is 0.213. The van der Waals surface area contributed by atoms with Gasteiger partial charge in [0.1, 0.15) is 17.3 Å². The highest BCUT2D eigenvalue weighted by Crippen LogP contribution is 2.17. The number of carbonyl (C=O) groups is 1. The summed E-state index contributed by atoms with van der Waals surface area (Å²) in [5.74, 6) is -3.19. The van der Waals surface area contributed by atoms with E-state index in [2.05, 4.69) is 20.6 Å². The number of hydrogen-bond acceptors (Lipinski definition) is 5. The van der Waals surface area contributed by atoms with E-state index in [0.717, 1.165) is 18.2 Å². The highest BCUT2D eigenvalue weighted by molar-refractivity contribution is 5.92. The number of nitrogens with zero attached hydrogens (tertiary/aromatic N) is 2. The van der Waals surface area contributed by atoms with Gasteiger partial charge in [-0.3, -0.25) is 4.79 Å². The van der Waals surface area contributed by atoms with Crippen LogP contribution in [0.5, 0.6) is 5.75 Å². The van der Waals surface area contributed by atoms with Crippen LogP contribution in [0.4, 0.5) is 24.8 Å². The lowest BCUT2D eigenvalue weighted by atomic mass is 10.1. The molecule has 1 heterocycles. The minimum absolute atomic E-state index is 0.00162. The zero-order valence-corrected chi connectivity index (χ0v) is 14.4. The second kappa shape index (κ2) is 8.38. The first-order valence-corrected chi connectivity index (χ1v) is 8.22. The maximum absolute atomic E-state index is 13.3. The molecule has 0 radical (unpaired) electrons. The number of amides is 1. The highest BCUT2D eigenvalue weighted by Gasteiger charge is 2.10. The van der Waals surface area contributed by atoms with Crippen molar-refractivity contribution in [2.24, 2.45) is 0 Å². The van der Waals surface area contributed by atoms with Crippen LogP contribution in [-0.4, -0.2) is 27.5 Å². The van der Waals surface area contributed by atoms with E-state index in [9.17, 15) is 18.0 Å². The van der Waals surface area contributed by atoms with Crippen LogP contribution in [0.3, 0.4) is 0 Å². The van der Waals surface area contributed by atoms with Crippen LogP contribution < -0.4 is 10.6 Å². The number of carbonyl (C=O) groups excluding carboxylic acids is 1. The number of hydrogen-bond donors (Lipinski definition) is 3. The molecule has 0 bridgehead atoms. The third kappa shape index (κ3) is 4.97. The molecule has 3 N–H and O–H groups in total. The smallest absolute Gasteiger partial charge is 0.270 e. The molecule has 1 aromatic heterocycles. The summed E-state index contributed by atoms with van der Waals surface area (Å²) < 4.78 is 39.8. The van der Waals surface area contributed by atoms with Crippen molar-refractivity contribution in [3.8, 4) is 5.75 Å². The predicted molar refractivity (Wildman–Crippen MR) is 95.8 cm³/mol. The van der Waals surface area contributed by atoms with E-state index >= 15 is 0 Å². The third-order valence-corrected chi connectivity index (χ3v) is 3.72. The Balaban J connectivity index is 1.61. The molecule has 28 heavy (non-hydrogen) atoms. The zero-order valence-electron chi connectivity index (χ0n) is 14.4. The standard InChI is InChI=1S/C19H15F3N4O2/c20-12-8-13(21)10-14(9-12)25-19-24-6-4-16(26-19)18(28)23-5-3-11-1-2-17(27)15(22)7-11/h1-2,4,6-10,27H,3,5H2,(H,23,28)(H,24,25,26). The van der Waals surface area contributed by atoms with Gasteiger partial charge in [0.25, 0.3) is 5.91 Å². The number of nitrogens with one attached hydrogen (secondary N) is 2. The van der Waals surface area contributed by atoms with Crippen molar-refractivity contribution in [2.75, 3.05) is 11.9 Å². The first-order valence-electron chi connectivity index (χ1n) is 8.22. The molecule has 0 aliphatic heterocycles. The largest absolute Gasteiger partial charge is 0.505 e. The molecule has 0 spiro atoms. The second-order valence-corrected chi connectivity index (χ2v) is 5.84. The molecule has 0 atom stereocenters. The molecule has 0 unspecified atom stereocenters. The van der Waals surface area contributed by atoms with Gasteiger partial charge in [0, 0.05) is 24.5 Å². The van der Waals surface area contributed by atoms with Crippen LogP contribution in [-0.2, 0) is 6.42 Å². The van der Waals surface area contributed by atoms with Crippen molar-refractivity contribution in [1.29, 1.82) is 0 Å². The molecule has 0 aliphatic rings. The summed E-state index contributed by atoms with van der Waals surface area (Å²) in [6, 6.07) is 8.22. The summed E-state index contributed by atoms with van der Waals surface area (Å²) in [4.78, 5) is 20.1. The fourth-order valence-corrected chi connectivity index (χ4v) is 2.42. The monoisotopic (exact) mass is 388 g/mol. The molecular weight excluding hydrogens is 373 g/mol. The molecule has 0 saturated heterocycles. The molecule has 9 heteroatoms. The minimum atomic E-state index is -0.762. The van der Waals surface area contributed by atoms with Gasteiger partial charge in [0.2, 0.25) is 5.95 Å². The molecule has 3 rings (SSSR count). The second-order valence-electron chi connectivity index (χ2n) is 5.84. The number of phenols is 1. The van der Waals surface area contributed by atoms with Crippen molar-refractivity contribution in [1.82, 2.24) is 15.3 Å². The van der Waals surface area contributed by atoms with Crippen molar-refractivity contribution in [3.05, 3.63) is 77.4 Å². The van der Waals surface area contributed by atoms with Crippen molar-refractivity contribution in [3.63, 3.8) is 0 Å². The van der Waals surface area contributed by atoms with E-state index < -0.39 is 29.1 Å². The Labute approximate surface area is 158 Å². The molecule has 0 fully saturated rings. The van der Waals surface area contributed by atoms with Gasteiger partial charge in [-0.25, -0.2) is 23.1 Å². The molecule has 0 aliphatic carbocycles. The van der Waals surface area contributed by atoms with E-state index in [-0.39, 0.29) is 23.9 Å². The molecule has 144 valence electrons. The Morgan fingerprint density at radius 1 is 1.04 bits per heavy atom. The Bertz CT molecular complexity index is 994. The van der Waals surface area contributed by atoms with Gasteiger partial charge in [0.15, 0.2) is 11.6 Å². The normalized spacial score (nSPS) is 10.5. The van der Waals surface area contributed by atoms with Gasteiger partial charge in [-0.15, -0.1) is 0 Å². The zero-order chi connectivity index (χ0) is 20.1. The predicted octanol–water partition coefficient (Wildman–Crippen LogP) is 3.32. The minimum Gasteiger partial charge on any atom is -0.505 e. The lowest BCUT2D eigenvalue weighted by molar-refractivity contribution is 0.0949. The van der Waals surface area contributed by atoms with Gasteiger partial charge >= 0.3 is 0 Å². The summed E-state index contributed by atoms with van der Waals surface area (Å²) in [7, 11) is 0. The average molecular weight is 388 g/mol. The summed E-state index contributed by atoms with van der Waals surface area (Å²) in [5, 5.41) is 14.4. The van der Waals surface area contributed by atoms with E-state index in [0.29, 0.717) is 12.0 Å². The number of halogens is 3. The van der Waals surface area contributed by atoms with Crippen molar-refractivity contribution >= 4 is 17.5 Å². The lowest BCUT2D eigenvalue weighted by Gasteiger charge is -2.08. The molecule has 0 saturated carbocycles. The SMILES string of the molecule is O=C(NCCc1ccc(O)c(F)c1)c1ccnc(Nc2cc(F)cc(F)c2)n1. The Kier molecular flexibility index (Phi) is 5.73. The number of phenolic OH excluding ortho intramolecular Hbond substituents is 1. The van der Waals surface area contributed by atoms with Gasteiger partial charge in [-0.1, -0.05) is 6.07 Å². The average Bonchev–Trinajstić information content (AvgIpc) is 2.64. The summed E-state index contributed by atoms with van der Waals surface area (Å²) >= 11 is 0. The first kappa shape index (κ1) is 19.2. The van der Waals surface area contributed by atoms with Crippen LogP contribution in [0.2, 0.25) is 0 Å². The molecule has 2 aromatic carbocycles. The number of aromatic nitrogens is 2. The van der Waals surface area contributed by atoms with E-state index in [1.54, 1.807) is 6.07 Å². The first-order chi connectivity index (χ1) is 13.4. The highest BCUT2D eigenvalue weighted by atomic mass is 19.1.